The van der Waals surface area contributed by atoms with Gasteiger partial charge in [0.2, 0.25) is 0 Å². The fourth-order valence-corrected chi connectivity index (χ4v) is 2.82. The zero-order chi connectivity index (χ0) is 18.7. The van der Waals surface area contributed by atoms with E-state index < -0.39 is 29.0 Å². The van der Waals surface area contributed by atoms with Gasteiger partial charge in [-0.3, -0.25) is 4.79 Å². The summed E-state index contributed by atoms with van der Waals surface area (Å²) in [4.78, 5) is 11.4. The van der Waals surface area contributed by atoms with Gasteiger partial charge in [-0.05, 0) is 29.7 Å². The Balaban J connectivity index is 2.24. The van der Waals surface area contributed by atoms with Crippen molar-refractivity contribution < 1.29 is 28.2 Å². The third-order valence-electron chi connectivity index (χ3n) is 4.41. The number of carboxylic acid groups (broad SMARTS) is 1. The second kappa shape index (κ2) is 7.27. The maximum Gasteiger partial charge on any atom is 0.416 e. The summed E-state index contributed by atoms with van der Waals surface area (Å²) in [6.07, 6.45) is 4.45. The second-order valence-corrected chi connectivity index (χ2v) is 6.23. The van der Waals surface area contributed by atoms with Gasteiger partial charge in [-0.1, -0.05) is 49.4 Å². The smallest absolute Gasteiger partial charge is 0.416 e. The van der Waals surface area contributed by atoms with Crippen molar-refractivity contribution in [1.29, 1.82) is 0 Å². The van der Waals surface area contributed by atoms with Gasteiger partial charge in [0.05, 0.1) is 18.1 Å². The summed E-state index contributed by atoms with van der Waals surface area (Å²) in [5, 5.41) is 18.9. The number of aliphatic carboxylic acids is 1. The van der Waals surface area contributed by atoms with Crippen LogP contribution in [0.2, 0.25) is 0 Å². The van der Waals surface area contributed by atoms with Gasteiger partial charge in [0.1, 0.15) is 0 Å². The standard InChI is InChI=1S/C19H19F3O3/c1-18(10-3-2-4-16(18)17(24)25)11-9-14(12-23)13-5-7-15(8-6-13)19(20,21)22/h2-10,16,23H,11-12H2,1H3,(H,24,25)/b14-9+. The van der Waals surface area contributed by atoms with Crippen LogP contribution in [0.3, 0.4) is 0 Å². The number of hydrogen-bond donors (Lipinski definition) is 2. The molecule has 2 N–H and O–H groups in total. The number of aliphatic hydroxyl groups is 1. The van der Waals surface area contributed by atoms with E-state index in [4.69, 9.17) is 0 Å². The minimum Gasteiger partial charge on any atom is -0.481 e. The molecule has 0 aromatic heterocycles. The fraction of sp³-hybridized carbons (Fsp3) is 0.316. The van der Waals surface area contributed by atoms with Gasteiger partial charge in [-0.15, -0.1) is 0 Å². The molecule has 6 heteroatoms. The average molecular weight is 352 g/mol. The Bertz CT molecular complexity index is 714. The molecule has 2 rings (SSSR count). The molecule has 0 saturated carbocycles. The van der Waals surface area contributed by atoms with E-state index in [0.717, 1.165) is 12.1 Å². The molecule has 0 spiro atoms. The largest absolute Gasteiger partial charge is 0.481 e. The molecule has 1 aromatic rings. The molecule has 0 saturated heterocycles. The van der Waals surface area contributed by atoms with Gasteiger partial charge < -0.3 is 10.2 Å². The van der Waals surface area contributed by atoms with Crippen molar-refractivity contribution in [3.8, 4) is 0 Å². The van der Waals surface area contributed by atoms with E-state index in [-0.39, 0.29) is 6.61 Å². The molecule has 0 bridgehead atoms. The summed E-state index contributed by atoms with van der Waals surface area (Å²) in [5.41, 5.74) is -0.498. The first-order valence-electron chi connectivity index (χ1n) is 7.74. The number of rotatable bonds is 5. The van der Waals surface area contributed by atoms with Crippen molar-refractivity contribution in [2.75, 3.05) is 6.61 Å². The van der Waals surface area contributed by atoms with Crippen LogP contribution in [-0.4, -0.2) is 22.8 Å². The molecule has 0 radical (unpaired) electrons. The van der Waals surface area contributed by atoms with E-state index in [2.05, 4.69) is 0 Å². The van der Waals surface area contributed by atoms with Crippen LogP contribution in [0.1, 0.15) is 24.5 Å². The lowest BCUT2D eigenvalue weighted by molar-refractivity contribution is -0.143. The molecule has 0 fully saturated rings. The molecule has 1 aliphatic rings. The third-order valence-corrected chi connectivity index (χ3v) is 4.41. The maximum absolute atomic E-state index is 12.6. The first-order chi connectivity index (χ1) is 11.7. The molecule has 134 valence electrons. The van der Waals surface area contributed by atoms with Crippen molar-refractivity contribution >= 4 is 11.5 Å². The summed E-state index contributed by atoms with van der Waals surface area (Å²) >= 11 is 0. The predicted octanol–water partition coefficient (Wildman–Crippen LogP) is 4.30. The van der Waals surface area contributed by atoms with Crippen LogP contribution in [0.4, 0.5) is 13.2 Å². The summed E-state index contributed by atoms with van der Waals surface area (Å²) in [6.45, 7) is 1.45. The van der Waals surface area contributed by atoms with E-state index in [0.29, 0.717) is 17.6 Å². The number of halogens is 3. The highest BCUT2D eigenvalue weighted by atomic mass is 19.4. The van der Waals surface area contributed by atoms with Gasteiger partial charge in [0.15, 0.2) is 0 Å². The molecule has 0 heterocycles. The molecule has 0 aliphatic heterocycles. The Labute approximate surface area is 143 Å². The summed E-state index contributed by atoms with van der Waals surface area (Å²) in [6, 6.07) is 4.53. The van der Waals surface area contributed by atoms with Crippen LogP contribution >= 0.6 is 0 Å². The minimum atomic E-state index is -4.41. The zero-order valence-electron chi connectivity index (χ0n) is 13.6. The van der Waals surface area contributed by atoms with Crippen molar-refractivity contribution in [2.45, 2.75) is 19.5 Å². The van der Waals surface area contributed by atoms with E-state index in [1.54, 1.807) is 37.3 Å². The molecule has 25 heavy (non-hydrogen) atoms. The summed E-state index contributed by atoms with van der Waals surface area (Å²) < 4.78 is 37.9. The van der Waals surface area contributed by atoms with E-state index in [1.807, 2.05) is 0 Å². The average Bonchev–Trinajstić information content (AvgIpc) is 2.55. The van der Waals surface area contributed by atoms with Crippen molar-refractivity contribution in [3.63, 3.8) is 0 Å². The summed E-state index contributed by atoms with van der Waals surface area (Å²) in [5.74, 6) is -1.65. The normalized spacial score (nSPS) is 23.7. The Kier molecular flexibility index (Phi) is 5.52. The predicted molar refractivity (Wildman–Crippen MR) is 88.6 cm³/mol. The Morgan fingerprint density at radius 1 is 1.24 bits per heavy atom. The number of aliphatic hydroxyl groups excluding tert-OH is 1. The zero-order valence-corrected chi connectivity index (χ0v) is 13.6. The summed E-state index contributed by atoms with van der Waals surface area (Å²) in [7, 11) is 0. The van der Waals surface area contributed by atoms with Crippen molar-refractivity contribution in [3.05, 3.63) is 65.8 Å². The van der Waals surface area contributed by atoms with E-state index >= 15 is 0 Å². The molecule has 2 unspecified atom stereocenters. The first kappa shape index (κ1) is 19.0. The minimum absolute atomic E-state index is 0.335. The molecule has 3 nitrogen and oxygen atoms in total. The molecule has 1 aliphatic carbocycles. The van der Waals surface area contributed by atoms with Gasteiger partial charge in [-0.25, -0.2) is 0 Å². The highest BCUT2D eigenvalue weighted by Crippen LogP contribution is 2.38. The van der Waals surface area contributed by atoms with Crippen LogP contribution in [-0.2, 0) is 11.0 Å². The van der Waals surface area contributed by atoms with Gasteiger partial charge in [-0.2, -0.15) is 13.2 Å². The fourth-order valence-electron chi connectivity index (χ4n) is 2.82. The van der Waals surface area contributed by atoms with Crippen molar-refractivity contribution in [1.82, 2.24) is 0 Å². The van der Waals surface area contributed by atoms with Crippen LogP contribution in [0.5, 0.6) is 0 Å². The molecule has 1 aromatic carbocycles. The number of benzene rings is 1. The third kappa shape index (κ3) is 4.39. The second-order valence-electron chi connectivity index (χ2n) is 6.23. The number of allylic oxidation sites excluding steroid dienone is 4. The van der Waals surface area contributed by atoms with Gasteiger partial charge >= 0.3 is 12.1 Å². The molecule has 0 amide bonds. The Morgan fingerprint density at radius 3 is 2.40 bits per heavy atom. The van der Waals surface area contributed by atoms with Crippen LogP contribution in [0, 0.1) is 11.3 Å². The lowest BCUT2D eigenvalue weighted by Crippen LogP contribution is -2.31. The van der Waals surface area contributed by atoms with E-state index in [9.17, 15) is 28.2 Å². The maximum atomic E-state index is 12.6. The van der Waals surface area contributed by atoms with E-state index in [1.165, 1.54) is 12.1 Å². The highest BCUT2D eigenvalue weighted by molar-refractivity contribution is 5.74. The molecular weight excluding hydrogens is 333 g/mol. The Morgan fingerprint density at radius 2 is 1.88 bits per heavy atom. The van der Waals surface area contributed by atoms with Gasteiger partial charge in [0, 0.05) is 5.41 Å². The quantitative estimate of drug-likeness (QED) is 0.830. The SMILES string of the molecule is CC1(C/C=C(\CO)c2ccc(C(F)(F)F)cc2)C=CC=CC1C(=O)O. The highest BCUT2D eigenvalue weighted by Gasteiger charge is 2.36. The van der Waals surface area contributed by atoms with Crippen LogP contribution in [0.25, 0.3) is 5.57 Å². The topological polar surface area (TPSA) is 57.5 Å². The van der Waals surface area contributed by atoms with Crippen LogP contribution < -0.4 is 0 Å². The molecule has 2 atom stereocenters. The lowest BCUT2D eigenvalue weighted by atomic mass is 9.71. The number of carboxylic acids is 1. The molecular formula is C19H19F3O3. The number of carbonyl (C=O) groups is 1. The first-order valence-corrected chi connectivity index (χ1v) is 7.74. The van der Waals surface area contributed by atoms with Gasteiger partial charge in [0.25, 0.3) is 0 Å². The monoisotopic (exact) mass is 352 g/mol. The number of alkyl halides is 3. The lowest BCUT2D eigenvalue weighted by Gasteiger charge is -2.31. The Hall–Kier alpha value is -2.34. The van der Waals surface area contributed by atoms with Crippen molar-refractivity contribution in [2.24, 2.45) is 11.3 Å². The van der Waals surface area contributed by atoms with Crippen LogP contribution in [0.15, 0.2) is 54.6 Å². The number of hydrogen-bond acceptors (Lipinski definition) is 2.